The number of allylic oxidation sites excluding steroid dienone is 1. The number of nitrogens with two attached hydrogens (primary N) is 1. The van der Waals surface area contributed by atoms with E-state index in [0.717, 1.165) is 12.8 Å². The maximum absolute atomic E-state index is 10.5. The molecule has 0 aliphatic rings. The van der Waals surface area contributed by atoms with Crippen molar-refractivity contribution in [2.45, 2.75) is 33.1 Å². The van der Waals surface area contributed by atoms with E-state index in [1.165, 1.54) is 6.92 Å². The second-order valence-electron chi connectivity index (χ2n) is 2.54. The zero-order valence-electron chi connectivity index (χ0n) is 7.05. The monoisotopic (exact) mass is 157 g/mol. The third-order valence-corrected chi connectivity index (χ3v) is 1.57. The number of hydrogen-bond donors (Lipinski definition) is 2. The largest absolute Gasteiger partial charge is 0.512 e. The molecule has 0 heterocycles. The SMILES string of the molecule is CCCCC(O)=C(C)C(N)=O. The Kier molecular flexibility index (Phi) is 4.34. The molecule has 3 N–H and O–H groups in total. The van der Waals surface area contributed by atoms with Gasteiger partial charge in [0, 0.05) is 6.42 Å². The first-order valence-corrected chi connectivity index (χ1v) is 3.78. The molecular formula is C8H15NO2. The van der Waals surface area contributed by atoms with Gasteiger partial charge in [0.1, 0.15) is 5.76 Å². The molecule has 0 unspecified atom stereocenters. The predicted octanol–water partition coefficient (Wildman–Crippen LogP) is 1.49. The molecule has 0 aliphatic carbocycles. The van der Waals surface area contributed by atoms with Crippen molar-refractivity contribution < 1.29 is 9.90 Å². The van der Waals surface area contributed by atoms with Crippen LogP contribution in [-0.4, -0.2) is 11.0 Å². The van der Waals surface area contributed by atoms with Crippen LogP contribution in [-0.2, 0) is 4.79 Å². The molecule has 64 valence electrons. The van der Waals surface area contributed by atoms with Gasteiger partial charge in [-0.3, -0.25) is 4.79 Å². The Bertz CT molecular complexity index is 173. The Hall–Kier alpha value is -0.990. The maximum atomic E-state index is 10.5. The summed E-state index contributed by atoms with van der Waals surface area (Å²) in [6, 6.07) is 0. The normalized spacial score (nSPS) is 12.5. The fourth-order valence-corrected chi connectivity index (χ4v) is 0.674. The van der Waals surface area contributed by atoms with E-state index < -0.39 is 5.91 Å². The van der Waals surface area contributed by atoms with Crippen molar-refractivity contribution in [2.24, 2.45) is 5.73 Å². The van der Waals surface area contributed by atoms with Gasteiger partial charge in [-0.1, -0.05) is 13.3 Å². The number of hydrogen-bond acceptors (Lipinski definition) is 2. The zero-order valence-corrected chi connectivity index (χ0v) is 7.05. The number of rotatable bonds is 4. The highest BCUT2D eigenvalue weighted by molar-refractivity contribution is 5.91. The first-order chi connectivity index (χ1) is 5.09. The quantitative estimate of drug-likeness (QED) is 0.479. The lowest BCUT2D eigenvalue weighted by molar-refractivity contribution is -0.114. The van der Waals surface area contributed by atoms with Crippen molar-refractivity contribution in [2.75, 3.05) is 0 Å². The molecule has 0 bridgehead atoms. The maximum Gasteiger partial charge on any atom is 0.247 e. The van der Waals surface area contributed by atoms with Gasteiger partial charge in [-0.2, -0.15) is 0 Å². The molecule has 3 heteroatoms. The first-order valence-electron chi connectivity index (χ1n) is 3.78. The van der Waals surface area contributed by atoms with Crippen LogP contribution in [0.3, 0.4) is 0 Å². The topological polar surface area (TPSA) is 63.3 Å². The Morgan fingerprint density at radius 1 is 1.55 bits per heavy atom. The second-order valence-corrected chi connectivity index (χ2v) is 2.54. The van der Waals surface area contributed by atoms with Crippen LogP contribution >= 0.6 is 0 Å². The minimum Gasteiger partial charge on any atom is -0.512 e. The Balaban J connectivity index is 4.05. The lowest BCUT2D eigenvalue weighted by atomic mass is 10.1. The average Bonchev–Trinajstić information content (AvgIpc) is 1.98. The Morgan fingerprint density at radius 2 is 2.09 bits per heavy atom. The van der Waals surface area contributed by atoms with E-state index in [-0.39, 0.29) is 11.3 Å². The number of aliphatic hydroxyl groups is 1. The van der Waals surface area contributed by atoms with E-state index >= 15 is 0 Å². The fourth-order valence-electron chi connectivity index (χ4n) is 0.674. The summed E-state index contributed by atoms with van der Waals surface area (Å²) in [4.78, 5) is 10.5. The molecule has 11 heavy (non-hydrogen) atoms. The van der Waals surface area contributed by atoms with Crippen LogP contribution in [0.2, 0.25) is 0 Å². The van der Waals surface area contributed by atoms with E-state index in [1.807, 2.05) is 6.92 Å². The van der Waals surface area contributed by atoms with E-state index in [0.29, 0.717) is 6.42 Å². The lowest BCUT2D eigenvalue weighted by Crippen LogP contribution is -2.13. The van der Waals surface area contributed by atoms with Crippen molar-refractivity contribution in [1.29, 1.82) is 0 Å². The first kappa shape index (κ1) is 10.0. The van der Waals surface area contributed by atoms with Gasteiger partial charge in [0.2, 0.25) is 5.91 Å². The molecule has 0 aromatic carbocycles. The van der Waals surface area contributed by atoms with Gasteiger partial charge in [0.25, 0.3) is 0 Å². The molecule has 3 nitrogen and oxygen atoms in total. The number of aliphatic hydroxyl groups excluding tert-OH is 1. The van der Waals surface area contributed by atoms with Crippen molar-refractivity contribution in [3.05, 3.63) is 11.3 Å². The molecule has 0 saturated heterocycles. The Labute approximate surface area is 66.9 Å². The molecule has 0 spiro atoms. The molecule has 0 aliphatic heterocycles. The van der Waals surface area contributed by atoms with Gasteiger partial charge >= 0.3 is 0 Å². The lowest BCUT2D eigenvalue weighted by Gasteiger charge is -2.00. The van der Waals surface area contributed by atoms with Crippen LogP contribution in [0.25, 0.3) is 0 Å². The van der Waals surface area contributed by atoms with Crippen LogP contribution < -0.4 is 5.73 Å². The highest BCUT2D eigenvalue weighted by Crippen LogP contribution is 2.08. The summed E-state index contributed by atoms with van der Waals surface area (Å²) in [5.74, 6) is -0.419. The summed E-state index contributed by atoms with van der Waals surface area (Å²) in [5, 5.41) is 9.20. The number of amides is 1. The van der Waals surface area contributed by atoms with Crippen molar-refractivity contribution in [1.82, 2.24) is 0 Å². The van der Waals surface area contributed by atoms with Gasteiger partial charge in [0.15, 0.2) is 0 Å². The van der Waals surface area contributed by atoms with Crippen LogP contribution in [0.1, 0.15) is 33.1 Å². The third-order valence-electron chi connectivity index (χ3n) is 1.57. The van der Waals surface area contributed by atoms with Crippen LogP contribution in [0.4, 0.5) is 0 Å². The molecule has 0 atom stereocenters. The van der Waals surface area contributed by atoms with E-state index in [9.17, 15) is 9.90 Å². The predicted molar refractivity (Wildman–Crippen MR) is 44.0 cm³/mol. The number of unbranched alkanes of at least 4 members (excludes halogenated alkanes) is 1. The van der Waals surface area contributed by atoms with Crippen molar-refractivity contribution in [3.63, 3.8) is 0 Å². The van der Waals surface area contributed by atoms with E-state index in [4.69, 9.17) is 5.73 Å². The molecule has 0 aromatic heterocycles. The molecule has 0 saturated carbocycles. The molecule has 0 rings (SSSR count). The summed E-state index contributed by atoms with van der Waals surface area (Å²) in [6.07, 6.45) is 2.43. The number of carbonyl (C=O) groups excluding carboxylic acids is 1. The summed E-state index contributed by atoms with van der Waals surface area (Å²) < 4.78 is 0. The molecular weight excluding hydrogens is 142 g/mol. The molecule has 0 radical (unpaired) electrons. The molecule has 0 fully saturated rings. The van der Waals surface area contributed by atoms with Gasteiger partial charge in [-0.25, -0.2) is 0 Å². The summed E-state index contributed by atoms with van der Waals surface area (Å²) in [6.45, 7) is 3.56. The smallest absolute Gasteiger partial charge is 0.247 e. The summed E-state index contributed by atoms with van der Waals surface area (Å²) >= 11 is 0. The van der Waals surface area contributed by atoms with Gasteiger partial charge in [-0.15, -0.1) is 0 Å². The van der Waals surface area contributed by atoms with E-state index in [2.05, 4.69) is 0 Å². The second kappa shape index (κ2) is 4.77. The zero-order chi connectivity index (χ0) is 8.85. The van der Waals surface area contributed by atoms with Crippen LogP contribution in [0.15, 0.2) is 11.3 Å². The number of primary amides is 1. The van der Waals surface area contributed by atoms with Crippen molar-refractivity contribution >= 4 is 5.91 Å². The highest BCUT2D eigenvalue weighted by atomic mass is 16.3. The minimum absolute atomic E-state index is 0.124. The Morgan fingerprint density at radius 3 is 2.45 bits per heavy atom. The van der Waals surface area contributed by atoms with Gasteiger partial charge in [-0.05, 0) is 13.3 Å². The van der Waals surface area contributed by atoms with Crippen LogP contribution in [0, 0.1) is 0 Å². The van der Waals surface area contributed by atoms with Gasteiger partial charge < -0.3 is 10.8 Å². The summed E-state index contributed by atoms with van der Waals surface area (Å²) in [7, 11) is 0. The molecule has 1 amide bonds. The van der Waals surface area contributed by atoms with E-state index in [1.54, 1.807) is 0 Å². The number of carbonyl (C=O) groups is 1. The summed E-state index contributed by atoms with van der Waals surface area (Å²) in [5.41, 5.74) is 5.23. The highest BCUT2D eigenvalue weighted by Gasteiger charge is 2.04. The van der Waals surface area contributed by atoms with Crippen molar-refractivity contribution in [3.8, 4) is 0 Å². The third kappa shape index (κ3) is 3.65. The molecule has 0 aromatic rings. The minimum atomic E-state index is -0.543. The average molecular weight is 157 g/mol. The van der Waals surface area contributed by atoms with Gasteiger partial charge in [0.05, 0.1) is 5.57 Å². The van der Waals surface area contributed by atoms with Crippen LogP contribution in [0.5, 0.6) is 0 Å². The standard InChI is InChI=1S/C8H15NO2/c1-3-4-5-7(10)6(2)8(9)11/h10H,3-5H2,1-2H3,(H2,9,11). The fraction of sp³-hybridized carbons (Fsp3) is 0.625.